The van der Waals surface area contributed by atoms with E-state index in [1.54, 1.807) is 0 Å². The fraction of sp³-hybridized carbons (Fsp3) is 0.143. The predicted octanol–water partition coefficient (Wildman–Crippen LogP) is 1.66. The zero-order valence-electron chi connectivity index (χ0n) is 11.2. The molecule has 4 rings (SSSR count). The molecule has 0 unspecified atom stereocenters. The first-order chi connectivity index (χ1) is 10.4. The molecule has 0 saturated carbocycles. The minimum Gasteiger partial charge on any atom is -0.368 e. The summed E-state index contributed by atoms with van der Waals surface area (Å²) >= 11 is 0. The number of para-hydroxylation sites is 1. The van der Waals surface area contributed by atoms with E-state index in [-0.39, 0.29) is 0 Å². The van der Waals surface area contributed by atoms with Gasteiger partial charge in [0, 0.05) is 23.6 Å². The molecule has 104 valence electrons. The van der Waals surface area contributed by atoms with E-state index in [0.717, 1.165) is 18.8 Å². The molecule has 1 aromatic carbocycles. The molecule has 0 saturated heterocycles. The lowest BCUT2D eigenvalue weighted by atomic mass is 10.1. The Bertz CT molecular complexity index is 892. The Kier molecular flexibility index (Phi) is 2.74. The van der Waals surface area contributed by atoms with Crippen molar-refractivity contribution in [3.05, 3.63) is 48.2 Å². The van der Waals surface area contributed by atoms with Gasteiger partial charge in [0.1, 0.15) is 5.82 Å². The third-order valence-corrected chi connectivity index (χ3v) is 3.44. The lowest BCUT2D eigenvalue weighted by Crippen LogP contribution is -2.08. The second-order valence-corrected chi connectivity index (χ2v) is 4.78. The number of rotatable bonds is 4. The molecule has 0 bridgehead atoms. The van der Waals surface area contributed by atoms with E-state index < -0.39 is 0 Å². The van der Waals surface area contributed by atoms with Crippen LogP contribution < -0.4 is 5.32 Å². The van der Waals surface area contributed by atoms with Gasteiger partial charge in [-0.25, -0.2) is 0 Å². The highest BCUT2D eigenvalue weighted by Gasteiger charge is 2.03. The van der Waals surface area contributed by atoms with Crippen LogP contribution in [0.5, 0.6) is 0 Å². The van der Waals surface area contributed by atoms with Gasteiger partial charge < -0.3 is 10.3 Å². The zero-order valence-corrected chi connectivity index (χ0v) is 11.2. The largest absolute Gasteiger partial charge is 0.368 e. The monoisotopic (exact) mass is 279 g/mol. The van der Waals surface area contributed by atoms with Gasteiger partial charge in [0.15, 0.2) is 5.65 Å². The second-order valence-electron chi connectivity index (χ2n) is 4.78. The summed E-state index contributed by atoms with van der Waals surface area (Å²) in [5.41, 5.74) is 3.10. The molecule has 0 aliphatic rings. The molecular weight excluding hydrogens is 266 g/mol. The van der Waals surface area contributed by atoms with E-state index in [1.165, 1.54) is 21.1 Å². The summed E-state index contributed by atoms with van der Waals surface area (Å²) in [4.78, 5) is 3.28. The fourth-order valence-electron chi connectivity index (χ4n) is 2.41. The van der Waals surface area contributed by atoms with Crippen LogP contribution >= 0.6 is 0 Å². The van der Waals surface area contributed by atoms with Gasteiger partial charge in [0.2, 0.25) is 0 Å². The van der Waals surface area contributed by atoms with E-state index in [0.29, 0.717) is 5.65 Å². The highest BCUT2D eigenvalue weighted by atomic mass is 15.6. The number of H-pyrrole nitrogens is 1. The molecular formula is C14H13N7. The van der Waals surface area contributed by atoms with Crippen LogP contribution in [0.1, 0.15) is 5.56 Å². The van der Waals surface area contributed by atoms with Gasteiger partial charge in [-0.15, -0.1) is 14.8 Å². The van der Waals surface area contributed by atoms with E-state index in [4.69, 9.17) is 0 Å². The Morgan fingerprint density at radius 3 is 3.10 bits per heavy atom. The van der Waals surface area contributed by atoms with Crippen molar-refractivity contribution in [2.45, 2.75) is 6.42 Å². The molecule has 4 aromatic rings. The molecule has 3 aromatic heterocycles. The average Bonchev–Trinajstić information content (AvgIpc) is 3.14. The number of fused-ring (bicyclic) bond motifs is 2. The van der Waals surface area contributed by atoms with Crippen molar-refractivity contribution in [1.29, 1.82) is 0 Å². The molecule has 0 atom stereocenters. The SMILES string of the molecule is c1ccc2c(CCNc3ccc4nnnn4n3)c[nH]c2c1. The first-order valence-corrected chi connectivity index (χ1v) is 6.74. The Hall–Kier alpha value is -2.96. The molecule has 0 radical (unpaired) electrons. The van der Waals surface area contributed by atoms with E-state index in [1.807, 2.05) is 18.2 Å². The summed E-state index contributed by atoms with van der Waals surface area (Å²) in [5.74, 6) is 0.759. The molecule has 3 heterocycles. The maximum atomic E-state index is 4.28. The van der Waals surface area contributed by atoms with Crippen molar-refractivity contribution in [3.8, 4) is 0 Å². The topological polar surface area (TPSA) is 83.8 Å². The van der Waals surface area contributed by atoms with Gasteiger partial charge in [0.25, 0.3) is 0 Å². The minimum absolute atomic E-state index is 0.636. The number of aromatic amines is 1. The summed E-state index contributed by atoms with van der Waals surface area (Å²) in [6.45, 7) is 0.794. The number of benzene rings is 1. The second kappa shape index (κ2) is 4.86. The van der Waals surface area contributed by atoms with Crippen LogP contribution in [0.3, 0.4) is 0 Å². The Morgan fingerprint density at radius 1 is 1.14 bits per heavy atom. The van der Waals surface area contributed by atoms with E-state index >= 15 is 0 Å². The lowest BCUT2D eigenvalue weighted by molar-refractivity contribution is 0.734. The van der Waals surface area contributed by atoms with Gasteiger partial charge in [-0.3, -0.25) is 0 Å². The van der Waals surface area contributed by atoms with Crippen LogP contribution in [0, 0.1) is 0 Å². The standard InChI is InChI=1S/C14H13N7/c1-2-4-12-11(3-1)10(9-16-12)7-8-15-13-5-6-14-17-19-20-21(14)18-13/h1-6,9,16H,7-8H2,(H,15,18). The normalized spacial score (nSPS) is 11.2. The number of aromatic nitrogens is 6. The summed E-state index contributed by atoms with van der Waals surface area (Å²) in [5, 5.41) is 20.0. The smallest absolute Gasteiger partial charge is 0.200 e. The third kappa shape index (κ3) is 2.18. The van der Waals surface area contributed by atoms with E-state index in [2.05, 4.69) is 55.3 Å². The van der Waals surface area contributed by atoms with Crippen molar-refractivity contribution in [2.75, 3.05) is 11.9 Å². The predicted molar refractivity (Wildman–Crippen MR) is 79.1 cm³/mol. The number of tetrazole rings is 1. The summed E-state index contributed by atoms with van der Waals surface area (Å²) in [6, 6.07) is 12.0. The maximum Gasteiger partial charge on any atom is 0.200 e. The van der Waals surface area contributed by atoms with Crippen LogP contribution in [-0.4, -0.2) is 36.8 Å². The molecule has 0 fully saturated rings. The number of hydrogen-bond donors (Lipinski definition) is 2. The molecule has 7 nitrogen and oxygen atoms in total. The van der Waals surface area contributed by atoms with Gasteiger partial charge in [-0.2, -0.15) is 0 Å². The molecule has 0 spiro atoms. The molecule has 0 amide bonds. The fourth-order valence-corrected chi connectivity index (χ4v) is 2.41. The van der Waals surface area contributed by atoms with Crippen molar-refractivity contribution >= 4 is 22.4 Å². The van der Waals surface area contributed by atoms with Gasteiger partial charge in [0.05, 0.1) is 0 Å². The van der Waals surface area contributed by atoms with Crippen molar-refractivity contribution in [3.63, 3.8) is 0 Å². The Morgan fingerprint density at radius 2 is 2.10 bits per heavy atom. The Balaban J connectivity index is 1.47. The number of hydrogen-bond acceptors (Lipinski definition) is 5. The van der Waals surface area contributed by atoms with Crippen LogP contribution in [0.25, 0.3) is 16.6 Å². The molecule has 7 heteroatoms. The highest BCUT2D eigenvalue weighted by Crippen LogP contribution is 2.18. The third-order valence-electron chi connectivity index (χ3n) is 3.44. The number of nitrogens with zero attached hydrogens (tertiary/aromatic N) is 5. The maximum absolute atomic E-state index is 4.28. The summed E-state index contributed by atoms with van der Waals surface area (Å²) < 4.78 is 1.41. The number of nitrogens with one attached hydrogen (secondary N) is 2. The van der Waals surface area contributed by atoms with Crippen molar-refractivity contribution < 1.29 is 0 Å². The minimum atomic E-state index is 0.636. The zero-order chi connectivity index (χ0) is 14.1. The van der Waals surface area contributed by atoms with Crippen LogP contribution in [0.15, 0.2) is 42.6 Å². The summed E-state index contributed by atoms with van der Waals surface area (Å²) in [7, 11) is 0. The number of anilines is 1. The highest BCUT2D eigenvalue weighted by molar-refractivity contribution is 5.83. The van der Waals surface area contributed by atoms with Gasteiger partial charge in [-0.1, -0.05) is 18.2 Å². The van der Waals surface area contributed by atoms with Crippen molar-refractivity contribution in [2.24, 2.45) is 0 Å². The van der Waals surface area contributed by atoms with Crippen molar-refractivity contribution in [1.82, 2.24) is 30.2 Å². The molecule has 21 heavy (non-hydrogen) atoms. The lowest BCUT2D eigenvalue weighted by Gasteiger charge is -2.04. The first kappa shape index (κ1) is 11.8. The quantitative estimate of drug-likeness (QED) is 0.593. The molecule has 2 N–H and O–H groups in total. The average molecular weight is 279 g/mol. The van der Waals surface area contributed by atoms with Gasteiger partial charge >= 0.3 is 0 Å². The van der Waals surface area contributed by atoms with Gasteiger partial charge in [-0.05, 0) is 40.6 Å². The first-order valence-electron chi connectivity index (χ1n) is 6.74. The summed E-state index contributed by atoms with van der Waals surface area (Å²) in [6.07, 6.45) is 2.98. The van der Waals surface area contributed by atoms with E-state index in [9.17, 15) is 0 Å². The Labute approximate surface area is 120 Å². The molecule has 0 aliphatic carbocycles. The van der Waals surface area contributed by atoms with Crippen LogP contribution in [-0.2, 0) is 6.42 Å². The van der Waals surface area contributed by atoms with Crippen LogP contribution in [0.2, 0.25) is 0 Å². The van der Waals surface area contributed by atoms with Crippen LogP contribution in [0.4, 0.5) is 5.82 Å². The molecule has 0 aliphatic heterocycles.